The van der Waals surface area contributed by atoms with Gasteiger partial charge in [-0.2, -0.15) is 0 Å². The van der Waals surface area contributed by atoms with E-state index in [4.69, 9.17) is 20.8 Å². The molecule has 28 heavy (non-hydrogen) atoms. The molecule has 0 saturated heterocycles. The van der Waals surface area contributed by atoms with Crippen LogP contribution in [0.15, 0.2) is 68.7 Å². The second-order valence-electron chi connectivity index (χ2n) is 6.45. The van der Waals surface area contributed by atoms with Gasteiger partial charge in [-0.05, 0) is 24.6 Å². The molecule has 1 N–H and O–H groups in total. The number of benzene rings is 2. The Bertz CT molecular complexity index is 1260. The summed E-state index contributed by atoms with van der Waals surface area (Å²) in [6.45, 7) is 2.36. The third-order valence-corrected chi connectivity index (χ3v) is 4.83. The van der Waals surface area contributed by atoms with E-state index in [0.717, 1.165) is 5.56 Å². The Hall–Kier alpha value is -3.25. The predicted octanol–water partition coefficient (Wildman–Crippen LogP) is 3.87. The van der Waals surface area contributed by atoms with Crippen molar-refractivity contribution in [1.29, 1.82) is 0 Å². The summed E-state index contributed by atoms with van der Waals surface area (Å²) >= 11 is 6.40. The van der Waals surface area contributed by atoms with Gasteiger partial charge in [0, 0.05) is 22.3 Å². The first kappa shape index (κ1) is 18.1. The van der Waals surface area contributed by atoms with Gasteiger partial charge in [0.15, 0.2) is 11.1 Å². The quantitative estimate of drug-likeness (QED) is 0.555. The lowest BCUT2D eigenvalue weighted by Gasteiger charge is -2.15. The Kier molecular flexibility index (Phi) is 4.79. The molecule has 0 aliphatic carbocycles. The van der Waals surface area contributed by atoms with E-state index in [2.05, 4.69) is 4.98 Å². The van der Waals surface area contributed by atoms with Crippen LogP contribution in [0.5, 0.6) is 5.75 Å². The molecule has 4 aromatic rings. The molecule has 0 aliphatic rings. The lowest BCUT2D eigenvalue weighted by Crippen LogP contribution is -2.22. The van der Waals surface area contributed by atoms with E-state index in [1.54, 1.807) is 25.3 Å². The van der Waals surface area contributed by atoms with E-state index >= 15 is 0 Å². The lowest BCUT2D eigenvalue weighted by atomic mass is 10.1. The van der Waals surface area contributed by atoms with Gasteiger partial charge in [-0.15, -0.1) is 0 Å². The molecule has 0 fully saturated rings. The minimum atomic E-state index is -0.655. The van der Waals surface area contributed by atoms with Crippen LogP contribution in [0.4, 0.5) is 0 Å². The van der Waals surface area contributed by atoms with Crippen LogP contribution in [0.25, 0.3) is 11.1 Å². The molecule has 2 aromatic carbocycles. The third kappa shape index (κ3) is 3.46. The minimum absolute atomic E-state index is 0.142. The van der Waals surface area contributed by atoms with Crippen LogP contribution in [0.3, 0.4) is 0 Å². The van der Waals surface area contributed by atoms with Crippen molar-refractivity contribution >= 4 is 22.7 Å². The van der Waals surface area contributed by atoms with Gasteiger partial charge in [0.25, 0.3) is 5.56 Å². The van der Waals surface area contributed by atoms with E-state index in [1.807, 2.05) is 36.4 Å². The summed E-state index contributed by atoms with van der Waals surface area (Å²) in [6.07, 6.45) is 1.64. The summed E-state index contributed by atoms with van der Waals surface area (Å²) in [7, 11) is 0. The topological polar surface area (TPSA) is 77.2 Å². The van der Waals surface area contributed by atoms with Gasteiger partial charge in [0.2, 0.25) is 0 Å². The monoisotopic (exact) mass is 396 g/mol. The number of pyridine rings is 1. The molecule has 0 aliphatic heterocycles. The zero-order valence-electron chi connectivity index (χ0n) is 15.1. The molecule has 142 valence electrons. The molecule has 0 saturated carbocycles. The number of fused-ring (bicyclic) bond motifs is 1. The van der Waals surface area contributed by atoms with Crippen LogP contribution in [0, 0.1) is 6.92 Å². The zero-order chi connectivity index (χ0) is 19.7. The molecule has 2 aromatic heterocycles. The van der Waals surface area contributed by atoms with Crippen LogP contribution in [-0.4, -0.2) is 9.55 Å². The molecular formula is C21H17ClN2O4. The number of H-pyrrole nitrogens is 1. The highest BCUT2D eigenvalue weighted by atomic mass is 35.5. The molecule has 0 amide bonds. The maximum Gasteiger partial charge on any atom is 0.417 e. The minimum Gasteiger partial charge on any atom is -0.488 e. The molecule has 0 unspecified atom stereocenters. The molecule has 4 rings (SSSR count). The van der Waals surface area contributed by atoms with Crippen molar-refractivity contribution in [2.24, 2.45) is 0 Å². The van der Waals surface area contributed by atoms with E-state index in [9.17, 15) is 9.59 Å². The normalized spacial score (nSPS) is 11.1. The average Bonchev–Trinajstić information content (AvgIpc) is 3.09. The van der Waals surface area contributed by atoms with Crippen molar-refractivity contribution in [1.82, 2.24) is 9.55 Å². The summed E-state index contributed by atoms with van der Waals surface area (Å²) in [6, 6.07) is 15.2. The van der Waals surface area contributed by atoms with Crippen molar-refractivity contribution in [2.45, 2.75) is 20.1 Å². The zero-order valence-corrected chi connectivity index (χ0v) is 15.8. The van der Waals surface area contributed by atoms with Crippen molar-refractivity contribution in [2.75, 3.05) is 0 Å². The number of aromatic amines is 1. The Morgan fingerprint density at radius 1 is 1.11 bits per heavy atom. The lowest BCUT2D eigenvalue weighted by molar-refractivity contribution is 0.302. The van der Waals surface area contributed by atoms with Crippen molar-refractivity contribution in [3.63, 3.8) is 0 Å². The summed E-state index contributed by atoms with van der Waals surface area (Å²) in [5.74, 6) is -0.0562. The predicted molar refractivity (Wildman–Crippen MR) is 107 cm³/mol. The summed E-state index contributed by atoms with van der Waals surface area (Å²) in [4.78, 5) is 26.7. The van der Waals surface area contributed by atoms with E-state index in [-0.39, 0.29) is 23.2 Å². The second kappa shape index (κ2) is 7.40. The number of nitrogens with zero attached hydrogens (tertiary/aromatic N) is 1. The number of oxazole rings is 1. The van der Waals surface area contributed by atoms with Crippen LogP contribution >= 0.6 is 11.6 Å². The van der Waals surface area contributed by atoms with Gasteiger partial charge in [-0.1, -0.05) is 48.0 Å². The van der Waals surface area contributed by atoms with Gasteiger partial charge < -0.3 is 13.7 Å². The highest BCUT2D eigenvalue weighted by Gasteiger charge is 2.15. The fourth-order valence-corrected chi connectivity index (χ4v) is 3.33. The molecule has 0 atom stereocenters. The molecular weight excluding hydrogens is 380 g/mol. The highest BCUT2D eigenvalue weighted by Crippen LogP contribution is 2.28. The fourth-order valence-electron chi connectivity index (χ4n) is 3.10. The molecule has 6 nitrogen and oxygen atoms in total. The highest BCUT2D eigenvalue weighted by molar-refractivity contribution is 6.31. The van der Waals surface area contributed by atoms with Gasteiger partial charge in [-0.3, -0.25) is 9.78 Å². The van der Waals surface area contributed by atoms with Gasteiger partial charge >= 0.3 is 5.76 Å². The average molecular weight is 397 g/mol. The van der Waals surface area contributed by atoms with Crippen LogP contribution in [-0.2, 0) is 13.2 Å². The van der Waals surface area contributed by atoms with E-state index in [1.165, 1.54) is 4.57 Å². The Labute approximate surface area is 165 Å². The number of hydrogen-bond donors (Lipinski definition) is 1. The van der Waals surface area contributed by atoms with Crippen molar-refractivity contribution < 1.29 is 9.15 Å². The molecule has 0 bridgehead atoms. The number of rotatable bonds is 5. The SMILES string of the molecule is Cc1cn(Cc2c(Cl)cccc2OCc2ccccc2)c(=O)c2[nH]c(=O)oc12. The second-order valence-corrected chi connectivity index (χ2v) is 6.86. The van der Waals surface area contributed by atoms with Crippen molar-refractivity contribution in [3.05, 3.63) is 97.3 Å². The fraction of sp³-hybridized carbons (Fsp3) is 0.143. The third-order valence-electron chi connectivity index (χ3n) is 4.47. The van der Waals surface area contributed by atoms with Crippen LogP contribution in [0.1, 0.15) is 16.7 Å². The first-order chi connectivity index (χ1) is 13.5. The largest absolute Gasteiger partial charge is 0.488 e. The number of ether oxygens (including phenoxy) is 1. The molecule has 2 heterocycles. The number of nitrogens with one attached hydrogen (secondary N) is 1. The standard InChI is InChI=1S/C21H17ClN2O4/c1-13-10-24(20(25)18-19(13)28-21(26)23-18)11-15-16(22)8-5-9-17(15)27-12-14-6-3-2-4-7-14/h2-10H,11-12H2,1H3,(H,23,26). The smallest absolute Gasteiger partial charge is 0.417 e. The molecule has 0 spiro atoms. The Balaban J connectivity index is 1.70. The summed E-state index contributed by atoms with van der Waals surface area (Å²) < 4.78 is 12.5. The summed E-state index contributed by atoms with van der Waals surface area (Å²) in [5.41, 5.74) is 2.44. The van der Waals surface area contributed by atoms with Gasteiger partial charge in [0.05, 0.1) is 6.54 Å². The number of hydrogen-bond acceptors (Lipinski definition) is 4. The first-order valence-corrected chi connectivity index (χ1v) is 9.07. The van der Waals surface area contributed by atoms with E-state index in [0.29, 0.717) is 28.5 Å². The number of aromatic nitrogens is 2. The number of halogens is 1. The molecule has 0 radical (unpaired) electrons. The Morgan fingerprint density at radius 2 is 1.89 bits per heavy atom. The molecule has 7 heteroatoms. The number of aryl methyl sites for hydroxylation is 1. The van der Waals surface area contributed by atoms with Gasteiger partial charge in [0.1, 0.15) is 12.4 Å². The maximum atomic E-state index is 12.7. The summed E-state index contributed by atoms with van der Waals surface area (Å²) in [5, 5.41) is 0.496. The van der Waals surface area contributed by atoms with Crippen molar-refractivity contribution in [3.8, 4) is 5.75 Å². The van der Waals surface area contributed by atoms with Gasteiger partial charge in [-0.25, -0.2) is 4.79 Å². The van der Waals surface area contributed by atoms with Crippen LogP contribution in [0.2, 0.25) is 5.02 Å². The van der Waals surface area contributed by atoms with E-state index < -0.39 is 5.76 Å². The van der Waals surface area contributed by atoms with Crippen LogP contribution < -0.4 is 16.1 Å². The Morgan fingerprint density at radius 3 is 2.68 bits per heavy atom. The maximum absolute atomic E-state index is 12.7. The first-order valence-electron chi connectivity index (χ1n) is 8.70.